The molecular formula is C12H20N2O2S. The quantitative estimate of drug-likeness (QED) is 0.636. The van der Waals surface area contributed by atoms with Crippen molar-refractivity contribution in [1.82, 2.24) is 5.43 Å². The summed E-state index contributed by atoms with van der Waals surface area (Å²) in [5.41, 5.74) is 2.68. The van der Waals surface area contributed by atoms with Crippen LogP contribution in [0.2, 0.25) is 0 Å². The second-order valence-corrected chi connectivity index (χ2v) is 5.75. The SMILES string of the molecule is COC1(C(NN)c2ccc(C)s2)CCOCC1. The molecule has 2 heterocycles. The molecule has 5 heteroatoms. The molecule has 1 aliphatic rings. The van der Waals surface area contributed by atoms with Crippen LogP contribution in [0.15, 0.2) is 12.1 Å². The maximum atomic E-state index is 5.78. The molecule has 0 saturated carbocycles. The lowest BCUT2D eigenvalue weighted by Crippen LogP contribution is -2.50. The van der Waals surface area contributed by atoms with E-state index in [-0.39, 0.29) is 11.6 Å². The minimum atomic E-state index is -0.246. The maximum Gasteiger partial charge on any atom is 0.0937 e. The number of nitrogens with one attached hydrogen (secondary N) is 1. The molecule has 1 aromatic heterocycles. The lowest BCUT2D eigenvalue weighted by molar-refractivity contribution is -0.111. The fraction of sp³-hybridized carbons (Fsp3) is 0.667. The molecule has 0 aliphatic carbocycles. The van der Waals surface area contributed by atoms with Crippen molar-refractivity contribution in [3.05, 3.63) is 21.9 Å². The van der Waals surface area contributed by atoms with E-state index in [1.165, 1.54) is 9.75 Å². The van der Waals surface area contributed by atoms with Crippen LogP contribution in [0.3, 0.4) is 0 Å². The zero-order valence-corrected chi connectivity index (χ0v) is 11.2. The van der Waals surface area contributed by atoms with E-state index in [1.54, 1.807) is 18.4 Å². The summed E-state index contributed by atoms with van der Waals surface area (Å²) >= 11 is 1.76. The van der Waals surface area contributed by atoms with Crippen molar-refractivity contribution in [3.8, 4) is 0 Å². The van der Waals surface area contributed by atoms with Gasteiger partial charge in [0.2, 0.25) is 0 Å². The highest BCUT2D eigenvalue weighted by molar-refractivity contribution is 7.12. The first-order chi connectivity index (χ1) is 8.22. The predicted molar refractivity (Wildman–Crippen MR) is 68.9 cm³/mol. The van der Waals surface area contributed by atoms with Gasteiger partial charge in [0.05, 0.1) is 11.6 Å². The van der Waals surface area contributed by atoms with E-state index in [9.17, 15) is 0 Å². The summed E-state index contributed by atoms with van der Waals surface area (Å²) in [4.78, 5) is 2.52. The molecule has 2 rings (SSSR count). The highest BCUT2D eigenvalue weighted by Gasteiger charge is 2.41. The van der Waals surface area contributed by atoms with Crippen LogP contribution in [0.1, 0.15) is 28.6 Å². The van der Waals surface area contributed by atoms with Gasteiger partial charge in [-0.05, 0) is 19.1 Å². The molecule has 1 fully saturated rings. The second-order valence-electron chi connectivity index (χ2n) is 4.43. The summed E-state index contributed by atoms with van der Waals surface area (Å²) in [7, 11) is 1.76. The minimum absolute atomic E-state index is 0.0371. The molecule has 1 aromatic rings. The maximum absolute atomic E-state index is 5.78. The topological polar surface area (TPSA) is 56.5 Å². The molecule has 1 unspecified atom stereocenters. The molecule has 1 saturated heterocycles. The Kier molecular flexibility index (Phi) is 4.17. The first kappa shape index (κ1) is 13.0. The minimum Gasteiger partial charge on any atom is -0.381 e. The third-order valence-corrected chi connectivity index (χ3v) is 4.55. The molecular weight excluding hydrogens is 236 g/mol. The van der Waals surface area contributed by atoms with Crippen LogP contribution in [-0.4, -0.2) is 25.9 Å². The summed E-state index contributed by atoms with van der Waals surface area (Å²) < 4.78 is 11.2. The molecule has 3 N–H and O–H groups in total. The number of ether oxygens (including phenoxy) is 2. The Bertz CT molecular complexity index is 361. The number of rotatable bonds is 4. The van der Waals surface area contributed by atoms with Crippen LogP contribution < -0.4 is 11.3 Å². The van der Waals surface area contributed by atoms with Gasteiger partial charge in [-0.3, -0.25) is 5.84 Å². The fourth-order valence-corrected chi connectivity index (χ4v) is 3.47. The molecule has 96 valence electrons. The normalized spacial score (nSPS) is 21.4. The van der Waals surface area contributed by atoms with Gasteiger partial charge in [0.25, 0.3) is 0 Å². The highest BCUT2D eigenvalue weighted by atomic mass is 32.1. The van der Waals surface area contributed by atoms with Crippen LogP contribution in [0, 0.1) is 6.92 Å². The van der Waals surface area contributed by atoms with Crippen LogP contribution >= 0.6 is 11.3 Å². The van der Waals surface area contributed by atoms with Crippen molar-refractivity contribution >= 4 is 11.3 Å². The van der Waals surface area contributed by atoms with E-state index in [0.29, 0.717) is 0 Å². The standard InChI is InChI=1S/C12H20N2O2S/c1-9-3-4-10(17-9)11(14-13)12(15-2)5-7-16-8-6-12/h3-4,11,14H,5-8,13H2,1-2H3. The average molecular weight is 256 g/mol. The summed E-state index contributed by atoms with van der Waals surface area (Å²) in [6, 6.07) is 4.28. The van der Waals surface area contributed by atoms with Crippen molar-refractivity contribution in [2.45, 2.75) is 31.4 Å². The zero-order chi connectivity index (χ0) is 12.3. The van der Waals surface area contributed by atoms with Gasteiger partial charge in [-0.1, -0.05) is 0 Å². The van der Waals surface area contributed by atoms with Crippen molar-refractivity contribution in [2.24, 2.45) is 5.84 Å². The number of thiophene rings is 1. The molecule has 1 aliphatic heterocycles. The van der Waals surface area contributed by atoms with Crippen molar-refractivity contribution in [2.75, 3.05) is 20.3 Å². The largest absolute Gasteiger partial charge is 0.381 e. The Morgan fingerprint density at radius 3 is 2.65 bits per heavy atom. The Labute approximate surface area is 106 Å². The van der Waals surface area contributed by atoms with Gasteiger partial charge >= 0.3 is 0 Å². The van der Waals surface area contributed by atoms with E-state index in [4.69, 9.17) is 15.3 Å². The first-order valence-electron chi connectivity index (χ1n) is 5.87. The lowest BCUT2D eigenvalue weighted by Gasteiger charge is -2.41. The third kappa shape index (κ3) is 2.53. The van der Waals surface area contributed by atoms with Crippen molar-refractivity contribution < 1.29 is 9.47 Å². The van der Waals surface area contributed by atoms with E-state index >= 15 is 0 Å². The molecule has 0 radical (unpaired) electrons. The highest BCUT2D eigenvalue weighted by Crippen LogP contribution is 2.39. The summed E-state index contributed by atoms with van der Waals surface area (Å²) in [6.07, 6.45) is 1.74. The Balaban J connectivity index is 2.26. The predicted octanol–water partition coefficient (Wildman–Crippen LogP) is 1.76. The lowest BCUT2D eigenvalue weighted by atomic mass is 9.85. The monoisotopic (exact) mass is 256 g/mol. The fourth-order valence-electron chi connectivity index (χ4n) is 2.43. The first-order valence-corrected chi connectivity index (χ1v) is 6.69. The van der Waals surface area contributed by atoms with E-state index < -0.39 is 0 Å². The molecule has 1 atom stereocenters. The Morgan fingerprint density at radius 2 is 2.18 bits per heavy atom. The number of methoxy groups -OCH3 is 1. The van der Waals surface area contributed by atoms with Gasteiger partial charge in [-0.25, -0.2) is 5.43 Å². The Morgan fingerprint density at radius 1 is 1.47 bits per heavy atom. The van der Waals surface area contributed by atoms with Crippen LogP contribution in [0.4, 0.5) is 0 Å². The van der Waals surface area contributed by atoms with Crippen LogP contribution in [0.25, 0.3) is 0 Å². The van der Waals surface area contributed by atoms with Crippen LogP contribution in [0.5, 0.6) is 0 Å². The van der Waals surface area contributed by atoms with Crippen molar-refractivity contribution in [3.63, 3.8) is 0 Å². The summed E-state index contributed by atoms with van der Waals surface area (Å²) in [6.45, 7) is 3.57. The summed E-state index contributed by atoms with van der Waals surface area (Å²) in [5.74, 6) is 5.74. The van der Waals surface area contributed by atoms with E-state index in [1.807, 2.05) is 0 Å². The number of nitrogens with two attached hydrogens (primary N) is 1. The number of hydrazine groups is 1. The molecule has 0 aromatic carbocycles. The molecule has 0 amide bonds. The molecule has 0 spiro atoms. The van der Waals surface area contributed by atoms with Gasteiger partial charge in [-0.2, -0.15) is 0 Å². The molecule has 17 heavy (non-hydrogen) atoms. The van der Waals surface area contributed by atoms with Gasteiger partial charge in [0.15, 0.2) is 0 Å². The van der Waals surface area contributed by atoms with Gasteiger partial charge in [0, 0.05) is 42.9 Å². The molecule has 0 bridgehead atoms. The van der Waals surface area contributed by atoms with Gasteiger partial charge in [-0.15, -0.1) is 11.3 Å². The van der Waals surface area contributed by atoms with Crippen LogP contribution in [-0.2, 0) is 9.47 Å². The Hall–Kier alpha value is -0.460. The van der Waals surface area contributed by atoms with Gasteiger partial charge in [0.1, 0.15) is 0 Å². The van der Waals surface area contributed by atoms with Crippen molar-refractivity contribution in [1.29, 1.82) is 0 Å². The number of hydrogen-bond donors (Lipinski definition) is 2. The molecule has 4 nitrogen and oxygen atoms in total. The average Bonchev–Trinajstić information content (AvgIpc) is 2.78. The number of hydrogen-bond acceptors (Lipinski definition) is 5. The number of aryl methyl sites for hydroxylation is 1. The van der Waals surface area contributed by atoms with E-state index in [2.05, 4.69) is 24.5 Å². The third-order valence-electron chi connectivity index (χ3n) is 3.48. The summed E-state index contributed by atoms with van der Waals surface area (Å²) in [5, 5.41) is 0. The van der Waals surface area contributed by atoms with E-state index in [0.717, 1.165) is 26.1 Å². The van der Waals surface area contributed by atoms with Gasteiger partial charge < -0.3 is 9.47 Å². The zero-order valence-electron chi connectivity index (χ0n) is 10.4. The smallest absolute Gasteiger partial charge is 0.0937 e. The second kappa shape index (κ2) is 5.46.